The molecule has 0 N–H and O–H groups in total. The van der Waals surface area contributed by atoms with Crippen molar-refractivity contribution in [2.24, 2.45) is 0 Å². The highest BCUT2D eigenvalue weighted by Crippen LogP contribution is 2.23. The van der Waals surface area contributed by atoms with Crippen LogP contribution in [0.25, 0.3) is 11.1 Å². The molecule has 0 nitrogen and oxygen atoms in total. The van der Waals surface area contributed by atoms with E-state index in [4.69, 9.17) is 0 Å². The lowest BCUT2D eigenvalue weighted by atomic mass is 9.99. The van der Waals surface area contributed by atoms with E-state index in [1.54, 1.807) is 0 Å². The lowest BCUT2D eigenvalue weighted by Crippen LogP contribution is -1.83. The van der Waals surface area contributed by atoms with E-state index in [1.807, 2.05) is 0 Å². The van der Waals surface area contributed by atoms with E-state index in [0.29, 0.717) is 0 Å². The molecule has 0 spiro atoms. The van der Waals surface area contributed by atoms with Gasteiger partial charge in [-0.1, -0.05) is 55.5 Å². The fourth-order valence-electron chi connectivity index (χ4n) is 1.75. The molecule has 0 bridgehead atoms. The van der Waals surface area contributed by atoms with Crippen LogP contribution in [0.2, 0.25) is 0 Å². The summed E-state index contributed by atoms with van der Waals surface area (Å²) in [7, 11) is 0. The van der Waals surface area contributed by atoms with Crippen LogP contribution in [0.1, 0.15) is 18.1 Å². The van der Waals surface area contributed by atoms with Gasteiger partial charge in [0.1, 0.15) is 0 Å². The minimum absolute atomic E-state index is 1.27. The van der Waals surface area contributed by atoms with Crippen molar-refractivity contribution in [3.63, 3.8) is 0 Å². The number of hydrogen-bond donors (Lipinski definition) is 0. The van der Waals surface area contributed by atoms with Crippen LogP contribution >= 0.6 is 0 Å². The molecule has 0 heterocycles. The van der Waals surface area contributed by atoms with Gasteiger partial charge >= 0.3 is 0 Å². The first-order chi connectivity index (χ1) is 7.31. The SMILES string of the molecule is C[CH]c1ccc(-c2ccccc2C)cc1. The van der Waals surface area contributed by atoms with Crippen molar-refractivity contribution < 1.29 is 0 Å². The predicted octanol–water partition coefficient (Wildman–Crippen LogP) is 4.23. The van der Waals surface area contributed by atoms with Gasteiger partial charge in [-0.25, -0.2) is 0 Å². The number of hydrogen-bond acceptors (Lipinski definition) is 0. The van der Waals surface area contributed by atoms with Crippen LogP contribution in [0.5, 0.6) is 0 Å². The monoisotopic (exact) mass is 195 g/mol. The minimum atomic E-state index is 1.27. The molecule has 0 aliphatic heterocycles. The Balaban J connectivity index is 2.42. The third-order valence-electron chi connectivity index (χ3n) is 2.70. The molecule has 75 valence electrons. The van der Waals surface area contributed by atoms with Crippen LogP contribution in [0.3, 0.4) is 0 Å². The summed E-state index contributed by atoms with van der Waals surface area (Å²) in [6, 6.07) is 17.1. The standard InChI is InChI=1S/C15H15/c1-3-13-8-10-14(11-9-13)15-7-5-4-6-12(15)2/h3-11H,1-2H3. The molecule has 0 saturated carbocycles. The Morgan fingerprint density at radius 1 is 0.867 bits per heavy atom. The summed E-state index contributed by atoms with van der Waals surface area (Å²) in [6.07, 6.45) is 2.11. The van der Waals surface area contributed by atoms with Crippen molar-refractivity contribution in [3.8, 4) is 11.1 Å². The van der Waals surface area contributed by atoms with Gasteiger partial charge in [-0.15, -0.1) is 0 Å². The lowest BCUT2D eigenvalue weighted by molar-refractivity contribution is 1.41. The number of aryl methyl sites for hydroxylation is 1. The van der Waals surface area contributed by atoms with Crippen LogP contribution < -0.4 is 0 Å². The van der Waals surface area contributed by atoms with Gasteiger partial charge in [0, 0.05) is 0 Å². The maximum Gasteiger partial charge on any atom is -0.0124 e. The fourth-order valence-corrected chi connectivity index (χ4v) is 1.75. The van der Waals surface area contributed by atoms with Gasteiger partial charge < -0.3 is 0 Å². The third-order valence-corrected chi connectivity index (χ3v) is 2.70. The van der Waals surface area contributed by atoms with E-state index in [-0.39, 0.29) is 0 Å². The topological polar surface area (TPSA) is 0 Å². The average Bonchev–Trinajstić information content (AvgIpc) is 2.30. The summed E-state index contributed by atoms with van der Waals surface area (Å²) >= 11 is 0. The Bertz CT molecular complexity index is 438. The molecular formula is C15H15. The van der Waals surface area contributed by atoms with Gasteiger partial charge in [0.25, 0.3) is 0 Å². The van der Waals surface area contributed by atoms with Crippen LogP contribution in [-0.4, -0.2) is 0 Å². The molecule has 1 radical (unpaired) electrons. The zero-order valence-electron chi connectivity index (χ0n) is 9.20. The summed E-state index contributed by atoms with van der Waals surface area (Å²) in [5, 5.41) is 0. The lowest BCUT2D eigenvalue weighted by Gasteiger charge is -2.06. The van der Waals surface area contributed by atoms with E-state index in [1.165, 1.54) is 22.3 Å². The zero-order valence-corrected chi connectivity index (χ0v) is 9.20. The Hall–Kier alpha value is -1.56. The molecule has 2 aromatic carbocycles. The highest BCUT2D eigenvalue weighted by molar-refractivity contribution is 5.67. The number of benzene rings is 2. The van der Waals surface area contributed by atoms with Crippen molar-refractivity contribution in [1.29, 1.82) is 0 Å². The van der Waals surface area contributed by atoms with Crippen molar-refractivity contribution in [2.75, 3.05) is 0 Å². The summed E-state index contributed by atoms with van der Waals surface area (Å²) in [6.45, 7) is 4.21. The first kappa shape index (κ1) is 9.97. The molecule has 0 fully saturated rings. The second-order valence-electron chi connectivity index (χ2n) is 3.73. The Morgan fingerprint density at radius 2 is 1.53 bits per heavy atom. The molecule has 0 unspecified atom stereocenters. The third kappa shape index (κ3) is 2.10. The molecule has 0 aromatic heterocycles. The summed E-state index contributed by atoms with van der Waals surface area (Å²) < 4.78 is 0. The molecule has 15 heavy (non-hydrogen) atoms. The second kappa shape index (κ2) is 4.31. The van der Waals surface area contributed by atoms with Crippen LogP contribution in [0.4, 0.5) is 0 Å². The van der Waals surface area contributed by atoms with Crippen LogP contribution in [0.15, 0.2) is 48.5 Å². The zero-order chi connectivity index (χ0) is 10.7. The van der Waals surface area contributed by atoms with Crippen molar-refractivity contribution in [1.82, 2.24) is 0 Å². The van der Waals surface area contributed by atoms with Gasteiger partial charge in [0.15, 0.2) is 0 Å². The predicted molar refractivity (Wildman–Crippen MR) is 65.7 cm³/mol. The van der Waals surface area contributed by atoms with Gasteiger partial charge in [0.2, 0.25) is 0 Å². The molecule has 0 amide bonds. The maximum absolute atomic E-state index is 2.18. The highest BCUT2D eigenvalue weighted by atomic mass is 14.0. The molecule has 0 aliphatic carbocycles. The quantitative estimate of drug-likeness (QED) is 0.672. The van der Waals surface area contributed by atoms with Gasteiger partial charge in [-0.05, 0) is 35.6 Å². The van der Waals surface area contributed by atoms with Gasteiger partial charge in [-0.2, -0.15) is 0 Å². The smallest absolute Gasteiger partial charge is 0.0124 e. The van der Waals surface area contributed by atoms with E-state index in [9.17, 15) is 0 Å². The van der Waals surface area contributed by atoms with Crippen molar-refractivity contribution in [2.45, 2.75) is 13.8 Å². The van der Waals surface area contributed by atoms with Crippen molar-refractivity contribution >= 4 is 0 Å². The largest absolute Gasteiger partial charge is 0.0620 e. The second-order valence-corrected chi connectivity index (χ2v) is 3.73. The van der Waals surface area contributed by atoms with E-state index < -0.39 is 0 Å². The Labute approximate surface area is 91.6 Å². The Morgan fingerprint density at radius 3 is 2.13 bits per heavy atom. The first-order valence-corrected chi connectivity index (χ1v) is 5.26. The molecule has 0 saturated heterocycles. The number of rotatable bonds is 2. The van der Waals surface area contributed by atoms with E-state index in [2.05, 4.69) is 68.8 Å². The van der Waals surface area contributed by atoms with Gasteiger partial charge in [0.05, 0.1) is 0 Å². The molecular weight excluding hydrogens is 180 g/mol. The summed E-state index contributed by atoms with van der Waals surface area (Å²) in [5.41, 5.74) is 5.21. The van der Waals surface area contributed by atoms with E-state index >= 15 is 0 Å². The highest BCUT2D eigenvalue weighted by Gasteiger charge is 1.99. The van der Waals surface area contributed by atoms with Gasteiger partial charge in [-0.3, -0.25) is 0 Å². The maximum atomic E-state index is 2.18. The van der Waals surface area contributed by atoms with Crippen LogP contribution in [-0.2, 0) is 0 Å². The summed E-state index contributed by atoms with van der Waals surface area (Å²) in [4.78, 5) is 0. The summed E-state index contributed by atoms with van der Waals surface area (Å²) in [5.74, 6) is 0. The molecule has 2 aromatic rings. The van der Waals surface area contributed by atoms with E-state index in [0.717, 1.165) is 0 Å². The van der Waals surface area contributed by atoms with Crippen LogP contribution in [0, 0.1) is 13.3 Å². The Kier molecular flexibility index (Phi) is 2.86. The minimum Gasteiger partial charge on any atom is -0.0620 e. The molecule has 0 aliphatic rings. The molecule has 2 rings (SSSR count). The molecule has 0 atom stereocenters. The fraction of sp³-hybridized carbons (Fsp3) is 0.133. The van der Waals surface area contributed by atoms with Crippen molar-refractivity contribution in [3.05, 3.63) is 66.1 Å². The normalized spacial score (nSPS) is 10.3. The first-order valence-electron chi connectivity index (χ1n) is 5.26. The average molecular weight is 195 g/mol. The molecule has 0 heteroatoms.